The van der Waals surface area contributed by atoms with Crippen LogP contribution >= 0.6 is 24.8 Å². The van der Waals surface area contributed by atoms with E-state index in [0.29, 0.717) is 6.54 Å². The van der Waals surface area contributed by atoms with Gasteiger partial charge in [-0.2, -0.15) is 0 Å². The lowest BCUT2D eigenvalue weighted by Crippen LogP contribution is -2.41. The van der Waals surface area contributed by atoms with E-state index >= 15 is 0 Å². The largest absolute Gasteiger partial charge is 0.354 e. The number of imidazole rings is 1. The van der Waals surface area contributed by atoms with Gasteiger partial charge in [-0.25, -0.2) is 4.98 Å². The standard InChI is InChI=1S/C12H20N4O.2ClH/c1-10-14-5-7-16(10)8-6-15-12(17)11-3-2-4-13-9-11;;/h5,7,11,13H,2-4,6,8-9H2,1H3,(H,15,17);2*1H/t11-;;/m1../s1. The van der Waals surface area contributed by atoms with E-state index in [4.69, 9.17) is 0 Å². The van der Waals surface area contributed by atoms with E-state index in [-0.39, 0.29) is 36.6 Å². The predicted octanol–water partition coefficient (Wildman–Crippen LogP) is 1.15. The van der Waals surface area contributed by atoms with Crippen LogP contribution in [0.3, 0.4) is 0 Å². The highest BCUT2D eigenvalue weighted by Gasteiger charge is 2.20. The summed E-state index contributed by atoms with van der Waals surface area (Å²) in [6, 6.07) is 0. The van der Waals surface area contributed by atoms with Crippen molar-refractivity contribution in [2.24, 2.45) is 5.92 Å². The summed E-state index contributed by atoms with van der Waals surface area (Å²) < 4.78 is 2.04. The van der Waals surface area contributed by atoms with Crippen molar-refractivity contribution in [2.75, 3.05) is 19.6 Å². The van der Waals surface area contributed by atoms with Crippen LogP contribution in [0.15, 0.2) is 12.4 Å². The first-order chi connectivity index (χ1) is 8.27. The van der Waals surface area contributed by atoms with Crippen LogP contribution in [-0.2, 0) is 11.3 Å². The summed E-state index contributed by atoms with van der Waals surface area (Å²) in [7, 11) is 0. The van der Waals surface area contributed by atoms with Gasteiger partial charge in [0.05, 0.1) is 5.92 Å². The maximum absolute atomic E-state index is 11.8. The molecular weight excluding hydrogens is 287 g/mol. The third kappa shape index (κ3) is 5.38. The Bertz CT molecular complexity index is 378. The van der Waals surface area contributed by atoms with E-state index in [9.17, 15) is 4.79 Å². The summed E-state index contributed by atoms with van der Waals surface area (Å²) >= 11 is 0. The molecule has 1 amide bonds. The molecule has 0 bridgehead atoms. The van der Waals surface area contributed by atoms with Gasteiger partial charge < -0.3 is 15.2 Å². The Morgan fingerprint density at radius 2 is 2.37 bits per heavy atom. The second-order valence-corrected chi connectivity index (χ2v) is 4.50. The van der Waals surface area contributed by atoms with Crippen LogP contribution in [0.5, 0.6) is 0 Å². The summed E-state index contributed by atoms with van der Waals surface area (Å²) in [6.07, 6.45) is 5.81. The van der Waals surface area contributed by atoms with Crippen LogP contribution < -0.4 is 10.6 Å². The molecule has 2 rings (SSSR count). The van der Waals surface area contributed by atoms with Crippen LogP contribution in [0.2, 0.25) is 0 Å². The zero-order valence-corrected chi connectivity index (χ0v) is 12.7. The predicted molar refractivity (Wildman–Crippen MR) is 80.1 cm³/mol. The molecular formula is C12H22Cl2N4O. The Hall–Kier alpha value is -0.780. The number of piperidine rings is 1. The first-order valence-corrected chi connectivity index (χ1v) is 6.23. The number of rotatable bonds is 4. The van der Waals surface area contributed by atoms with E-state index in [2.05, 4.69) is 15.6 Å². The van der Waals surface area contributed by atoms with Crippen LogP contribution in [0, 0.1) is 12.8 Å². The van der Waals surface area contributed by atoms with Crippen molar-refractivity contribution in [2.45, 2.75) is 26.3 Å². The molecule has 1 aliphatic heterocycles. The van der Waals surface area contributed by atoms with E-state index in [1.165, 1.54) is 0 Å². The number of amides is 1. The van der Waals surface area contributed by atoms with Crippen molar-refractivity contribution in [3.8, 4) is 0 Å². The lowest BCUT2D eigenvalue weighted by atomic mass is 9.99. The third-order valence-corrected chi connectivity index (χ3v) is 3.24. The van der Waals surface area contributed by atoms with Crippen molar-refractivity contribution in [1.29, 1.82) is 0 Å². The lowest BCUT2D eigenvalue weighted by Gasteiger charge is -2.21. The molecule has 1 saturated heterocycles. The second kappa shape index (κ2) is 9.18. The Kier molecular flexibility index (Phi) is 8.80. The average molecular weight is 309 g/mol. The summed E-state index contributed by atoms with van der Waals surface area (Å²) in [5, 5.41) is 6.24. The molecule has 0 unspecified atom stereocenters. The molecule has 5 nitrogen and oxygen atoms in total. The first kappa shape index (κ1) is 18.2. The molecule has 1 atom stereocenters. The van der Waals surface area contributed by atoms with E-state index in [0.717, 1.165) is 38.3 Å². The van der Waals surface area contributed by atoms with Crippen LogP contribution in [-0.4, -0.2) is 35.1 Å². The van der Waals surface area contributed by atoms with Crippen molar-refractivity contribution < 1.29 is 4.79 Å². The number of carbonyl (C=O) groups excluding carboxylic acids is 1. The molecule has 1 fully saturated rings. The minimum absolute atomic E-state index is 0. The Labute approximate surface area is 126 Å². The minimum atomic E-state index is 0. The number of carbonyl (C=O) groups is 1. The third-order valence-electron chi connectivity index (χ3n) is 3.24. The molecule has 0 spiro atoms. The van der Waals surface area contributed by atoms with Gasteiger partial charge in [0.1, 0.15) is 5.82 Å². The van der Waals surface area contributed by atoms with E-state index < -0.39 is 0 Å². The smallest absolute Gasteiger partial charge is 0.224 e. The van der Waals surface area contributed by atoms with E-state index in [1.807, 2.05) is 17.7 Å². The molecule has 2 N–H and O–H groups in total. The average Bonchev–Trinajstić information content (AvgIpc) is 2.76. The molecule has 0 saturated carbocycles. The molecule has 0 aliphatic carbocycles. The molecule has 0 radical (unpaired) electrons. The summed E-state index contributed by atoms with van der Waals surface area (Å²) in [4.78, 5) is 16.0. The Morgan fingerprint density at radius 3 is 2.95 bits per heavy atom. The number of hydrogen-bond acceptors (Lipinski definition) is 3. The fourth-order valence-electron chi connectivity index (χ4n) is 2.16. The minimum Gasteiger partial charge on any atom is -0.354 e. The highest BCUT2D eigenvalue weighted by atomic mass is 35.5. The van der Waals surface area contributed by atoms with Gasteiger partial charge in [0, 0.05) is 32.0 Å². The van der Waals surface area contributed by atoms with Crippen LogP contribution in [0.1, 0.15) is 18.7 Å². The number of aryl methyl sites for hydroxylation is 1. The number of nitrogens with zero attached hydrogens (tertiary/aromatic N) is 2. The highest BCUT2D eigenvalue weighted by molar-refractivity contribution is 5.85. The Balaban J connectivity index is 0.00000162. The van der Waals surface area contributed by atoms with Gasteiger partial charge in [0.2, 0.25) is 5.91 Å². The summed E-state index contributed by atoms with van der Waals surface area (Å²) in [5.41, 5.74) is 0. The van der Waals surface area contributed by atoms with Crippen molar-refractivity contribution in [3.63, 3.8) is 0 Å². The fourth-order valence-corrected chi connectivity index (χ4v) is 2.16. The van der Waals surface area contributed by atoms with Crippen LogP contribution in [0.4, 0.5) is 0 Å². The topological polar surface area (TPSA) is 59.0 Å². The SMILES string of the molecule is Cc1nccn1CCNC(=O)[C@@H]1CCCNC1.Cl.Cl. The summed E-state index contributed by atoms with van der Waals surface area (Å²) in [6.45, 7) is 5.28. The number of halogens is 2. The van der Waals surface area contributed by atoms with Gasteiger partial charge in [0.15, 0.2) is 0 Å². The molecule has 1 aliphatic rings. The Morgan fingerprint density at radius 1 is 1.58 bits per heavy atom. The van der Waals surface area contributed by atoms with Gasteiger partial charge in [0.25, 0.3) is 0 Å². The van der Waals surface area contributed by atoms with Gasteiger partial charge in [-0.05, 0) is 26.3 Å². The summed E-state index contributed by atoms with van der Waals surface area (Å²) in [5.74, 6) is 1.31. The number of aromatic nitrogens is 2. The van der Waals surface area contributed by atoms with E-state index in [1.54, 1.807) is 6.20 Å². The van der Waals surface area contributed by atoms with Crippen molar-refractivity contribution in [3.05, 3.63) is 18.2 Å². The fraction of sp³-hybridized carbons (Fsp3) is 0.667. The first-order valence-electron chi connectivity index (χ1n) is 6.23. The lowest BCUT2D eigenvalue weighted by molar-refractivity contribution is -0.125. The quantitative estimate of drug-likeness (QED) is 0.877. The van der Waals surface area contributed by atoms with Crippen molar-refractivity contribution >= 4 is 30.7 Å². The maximum atomic E-state index is 11.8. The zero-order chi connectivity index (χ0) is 12.1. The maximum Gasteiger partial charge on any atom is 0.224 e. The van der Waals surface area contributed by atoms with Gasteiger partial charge in [-0.15, -0.1) is 24.8 Å². The number of hydrogen-bond donors (Lipinski definition) is 2. The van der Waals surface area contributed by atoms with Gasteiger partial charge >= 0.3 is 0 Å². The monoisotopic (exact) mass is 308 g/mol. The van der Waals surface area contributed by atoms with Crippen molar-refractivity contribution in [1.82, 2.24) is 20.2 Å². The second-order valence-electron chi connectivity index (χ2n) is 4.50. The molecule has 7 heteroatoms. The van der Waals surface area contributed by atoms with Gasteiger partial charge in [-0.1, -0.05) is 0 Å². The molecule has 1 aromatic heterocycles. The molecule has 1 aromatic rings. The molecule has 0 aromatic carbocycles. The molecule has 110 valence electrons. The normalized spacial score (nSPS) is 18.1. The van der Waals surface area contributed by atoms with Crippen LogP contribution in [0.25, 0.3) is 0 Å². The molecule has 2 heterocycles. The zero-order valence-electron chi connectivity index (χ0n) is 11.1. The molecule has 19 heavy (non-hydrogen) atoms. The number of nitrogens with one attached hydrogen (secondary N) is 2. The van der Waals surface area contributed by atoms with Gasteiger partial charge in [-0.3, -0.25) is 4.79 Å². The highest BCUT2D eigenvalue weighted by Crippen LogP contribution is 2.09.